The van der Waals surface area contributed by atoms with Gasteiger partial charge in [0.05, 0.1) is 22.3 Å². The van der Waals surface area contributed by atoms with Crippen LogP contribution in [-0.4, -0.2) is 47.7 Å². The number of unbranched alkanes of at least 4 members (excludes halogenated alkanes) is 2. The Hall–Kier alpha value is -1.73. The quantitative estimate of drug-likeness (QED) is 0.425. The Kier molecular flexibility index (Phi) is 7.41. The number of piperidine rings is 1. The number of rotatable bonds is 7. The van der Waals surface area contributed by atoms with Crippen LogP contribution in [0.4, 0.5) is 0 Å². The molecule has 2 heterocycles. The molecule has 0 radical (unpaired) electrons. The molecule has 1 aromatic carbocycles. The highest BCUT2D eigenvalue weighted by Crippen LogP contribution is 2.32. The van der Waals surface area contributed by atoms with Crippen molar-refractivity contribution in [2.75, 3.05) is 26.7 Å². The van der Waals surface area contributed by atoms with Crippen molar-refractivity contribution < 1.29 is 9.53 Å². The summed E-state index contributed by atoms with van der Waals surface area (Å²) in [6, 6.07) is 8.34. The molecule has 146 valence electrons. The van der Waals surface area contributed by atoms with Crippen LogP contribution in [0, 0.1) is 0 Å². The summed E-state index contributed by atoms with van der Waals surface area (Å²) in [6.07, 6.45) is 5.68. The van der Waals surface area contributed by atoms with E-state index in [0.29, 0.717) is 12.3 Å². The largest absolute Gasteiger partial charge is 0.469 e. The Balaban J connectivity index is 1.43. The van der Waals surface area contributed by atoms with E-state index >= 15 is 0 Å². The number of fused-ring (bicyclic) bond motifs is 1. The third kappa shape index (κ3) is 5.62. The second kappa shape index (κ2) is 9.99. The summed E-state index contributed by atoms with van der Waals surface area (Å²) >= 11 is 7.41. The lowest BCUT2D eigenvalue weighted by atomic mass is 9.99. The zero-order valence-electron chi connectivity index (χ0n) is 15.8. The molecule has 1 fully saturated rings. The van der Waals surface area contributed by atoms with E-state index in [1.807, 2.05) is 17.4 Å². The monoisotopic (exact) mass is 405 g/mol. The highest BCUT2D eigenvalue weighted by molar-refractivity contribution is 7.80. The molecule has 7 heteroatoms. The fourth-order valence-electron chi connectivity index (χ4n) is 3.41. The normalized spacial score (nSPS) is 17.1. The Labute approximate surface area is 170 Å². The van der Waals surface area contributed by atoms with Gasteiger partial charge in [0.1, 0.15) is 0 Å². The third-order valence-corrected chi connectivity index (χ3v) is 6.53. The number of ether oxygens (including phenoxy) is 1. The average Bonchev–Trinajstić information content (AvgIpc) is 3.14. The number of likely N-dealkylation sites (tertiary alicyclic amines) is 1. The van der Waals surface area contributed by atoms with Gasteiger partial charge in [-0.05, 0) is 50.0 Å². The van der Waals surface area contributed by atoms with Crippen LogP contribution < -0.4 is 5.32 Å². The van der Waals surface area contributed by atoms with Crippen LogP contribution in [-0.2, 0) is 9.53 Å². The molecule has 1 aliphatic rings. The Morgan fingerprint density at radius 3 is 3.04 bits per heavy atom. The molecule has 0 bridgehead atoms. The first-order valence-electron chi connectivity index (χ1n) is 9.62. The number of thiocarbonyl (C=S) groups is 1. The molecule has 3 rings (SSSR count). The highest BCUT2D eigenvalue weighted by Gasteiger charge is 2.25. The number of aromatic nitrogens is 1. The Morgan fingerprint density at radius 2 is 2.22 bits per heavy atom. The number of para-hydroxylation sites is 1. The van der Waals surface area contributed by atoms with Gasteiger partial charge in [0.2, 0.25) is 0 Å². The fourth-order valence-corrected chi connectivity index (χ4v) is 4.77. The van der Waals surface area contributed by atoms with Gasteiger partial charge in [-0.1, -0.05) is 18.6 Å². The number of benzene rings is 1. The second-order valence-corrected chi connectivity index (χ2v) is 8.37. The first-order valence-corrected chi connectivity index (χ1v) is 10.8. The maximum absolute atomic E-state index is 11.1. The predicted molar refractivity (Wildman–Crippen MR) is 114 cm³/mol. The van der Waals surface area contributed by atoms with Gasteiger partial charge in [-0.2, -0.15) is 0 Å². The van der Waals surface area contributed by atoms with Crippen molar-refractivity contribution in [2.45, 2.75) is 44.4 Å². The van der Waals surface area contributed by atoms with Crippen LogP contribution in [0.5, 0.6) is 0 Å². The molecule has 0 spiro atoms. The van der Waals surface area contributed by atoms with Crippen molar-refractivity contribution in [3.05, 3.63) is 29.3 Å². The van der Waals surface area contributed by atoms with E-state index in [9.17, 15) is 4.79 Å². The van der Waals surface area contributed by atoms with Crippen LogP contribution >= 0.6 is 23.6 Å². The lowest BCUT2D eigenvalue weighted by Crippen LogP contribution is -2.45. The van der Waals surface area contributed by atoms with E-state index < -0.39 is 0 Å². The SMILES string of the molecule is COC(=O)CCCCCNC(=S)N1CCC[C@H](c2nc3ccccc3s2)C1. The van der Waals surface area contributed by atoms with E-state index in [-0.39, 0.29) is 5.97 Å². The van der Waals surface area contributed by atoms with Gasteiger partial charge in [-0.25, -0.2) is 4.98 Å². The Bertz CT molecular complexity index is 744. The summed E-state index contributed by atoms with van der Waals surface area (Å²) in [4.78, 5) is 18.2. The molecule has 1 N–H and O–H groups in total. The predicted octanol–water partition coefficient (Wildman–Crippen LogP) is 4.08. The van der Waals surface area contributed by atoms with Gasteiger partial charge in [0, 0.05) is 32.0 Å². The van der Waals surface area contributed by atoms with Gasteiger partial charge in [-0.3, -0.25) is 4.79 Å². The molecule has 1 aliphatic heterocycles. The van der Waals surface area contributed by atoms with Crippen LogP contribution in [0.25, 0.3) is 10.2 Å². The summed E-state index contributed by atoms with van der Waals surface area (Å²) < 4.78 is 5.92. The second-order valence-electron chi connectivity index (χ2n) is 6.92. The molecule has 1 aromatic heterocycles. The van der Waals surface area contributed by atoms with E-state index in [4.69, 9.17) is 17.2 Å². The number of hydrogen-bond donors (Lipinski definition) is 1. The van der Waals surface area contributed by atoms with Crippen molar-refractivity contribution in [3.8, 4) is 0 Å². The van der Waals surface area contributed by atoms with Gasteiger partial charge >= 0.3 is 5.97 Å². The van der Waals surface area contributed by atoms with Crippen molar-refractivity contribution in [1.29, 1.82) is 0 Å². The summed E-state index contributed by atoms with van der Waals surface area (Å²) in [5, 5.41) is 5.45. The lowest BCUT2D eigenvalue weighted by Gasteiger charge is -2.33. The number of hydrogen-bond acceptors (Lipinski definition) is 5. The highest BCUT2D eigenvalue weighted by atomic mass is 32.1. The van der Waals surface area contributed by atoms with E-state index in [1.165, 1.54) is 23.2 Å². The molecular formula is C20H27N3O2S2. The zero-order valence-corrected chi connectivity index (χ0v) is 17.4. The van der Waals surface area contributed by atoms with Crippen LogP contribution in [0.2, 0.25) is 0 Å². The van der Waals surface area contributed by atoms with Gasteiger partial charge < -0.3 is 15.0 Å². The number of nitrogens with one attached hydrogen (secondary N) is 1. The van der Waals surface area contributed by atoms with Crippen molar-refractivity contribution in [3.63, 3.8) is 0 Å². The molecular weight excluding hydrogens is 378 g/mol. The number of methoxy groups -OCH3 is 1. The zero-order chi connectivity index (χ0) is 19.1. The standard InChI is InChI=1S/C20H27N3O2S2/c1-25-18(24)11-3-2-6-12-21-20(26)23-13-7-8-15(14-23)19-22-16-9-4-5-10-17(16)27-19/h4-5,9-10,15H,2-3,6-8,11-14H2,1H3,(H,21,26)/t15-/m0/s1. The van der Waals surface area contributed by atoms with Gasteiger partial charge in [0.15, 0.2) is 5.11 Å². The molecule has 27 heavy (non-hydrogen) atoms. The minimum Gasteiger partial charge on any atom is -0.469 e. The Morgan fingerprint density at radius 1 is 1.37 bits per heavy atom. The first-order chi connectivity index (χ1) is 13.2. The fraction of sp³-hybridized carbons (Fsp3) is 0.550. The van der Waals surface area contributed by atoms with E-state index in [0.717, 1.165) is 55.9 Å². The third-order valence-electron chi connectivity index (χ3n) is 4.93. The molecule has 1 atom stereocenters. The number of thiazole rings is 1. The summed E-state index contributed by atoms with van der Waals surface area (Å²) in [6.45, 7) is 2.80. The topological polar surface area (TPSA) is 54.5 Å². The van der Waals surface area contributed by atoms with Crippen LogP contribution in [0.15, 0.2) is 24.3 Å². The average molecular weight is 406 g/mol. The summed E-state index contributed by atoms with van der Waals surface area (Å²) in [5.41, 5.74) is 1.10. The maximum atomic E-state index is 11.1. The minimum absolute atomic E-state index is 0.132. The van der Waals surface area contributed by atoms with Crippen molar-refractivity contribution >= 4 is 44.9 Å². The molecule has 5 nitrogen and oxygen atoms in total. The number of esters is 1. The summed E-state index contributed by atoms with van der Waals surface area (Å²) in [5.74, 6) is 0.323. The van der Waals surface area contributed by atoms with Crippen molar-refractivity contribution in [1.82, 2.24) is 15.2 Å². The van der Waals surface area contributed by atoms with Gasteiger partial charge in [-0.15, -0.1) is 11.3 Å². The number of nitrogens with zero attached hydrogens (tertiary/aromatic N) is 2. The van der Waals surface area contributed by atoms with E-state index in [1.54, 1.807) is 0 Å². The first kappa shape index (κ1) is 20.0. The molecule has 2 aromatic rings. The lowest BCUT2D eigenvalue weighted by molar-refractivity contribution is -0.140. The molecule has 0 amide bonds. The molecule has 0 unspecified atom stereocenters. The number of carbonyl (C=O) groups is 1. The molecule has 1 saturated heterocycles. The molecule has 0 aliphatic carbocycles. The maximum Gasteiger partial charge on any atom is 0.305 e. The summed E-state index contributed by atoms with van der Waals surface area (Å²) in [7, 11) is 1.43. The minimum atomic E-state index is -0.132. The van der Waals surface area contributed by atoms with E-state index in [2.05, 4.69) is 33.2 Å². The van der Waals surface area contributed by atoms with Crippen LogP contribution in [0.1, 0.15) is 49.5 Å². The van der Waals surface area contributed by atoms with Crippen molar-refractivity contribution in [2.24, 2.45) is 0 Å². The number of carbonyl (C=O) groups excluding carboxylic acids is 1. The molecule has 0 saturated carbocycles. The van der Waals surface area contributed by atoms with Crippen LogP contribution in [0.3, 0.4) is 0 Å². The van der Waals surface area contributed by atoms with Gasteiger partial charge in [0.25, 0.3) is 0 Å². The smallest absolute Gasteiger partial charge is 0.305 e.